The highest BCUT2D eigenvalue weighted by Crippen LogP contribution is 2.68. The molecule has 4 aliphatic carbocycles. The molecule has 0 radical (unpaired) electrons. The molecule has 33 heavy (non-hydrogen) atoms. The first kappa shape index (κ1) is 25.4. The van der Waals surface area contributed by atoms with Crippen LogP contribution in [0.1, 0.15) is 85.0 Å². The van der Waals surface area contributed by atoms with Gasteiger partial charge in [-0.2, -0.15) is 8.42 Å². The van der Waals surface area contributed by atoms with Crippen molar-refractivity contribution in [2.45, 2.75) is 97.2 Å². The fraction of sp³-hybridized carbons (Fsp3) is 0.962. The second-order valence-corrected chi connectivity index (χ2v) is 13.9. The molecule has 4 fully saturated rings. The van der Waals surface area contributed by atoms with Gasteiger partial charge >= 0.3 is 5.97 Å². The topological polar surface area (TPSA) is 89.9 Å². The van der Waals surface area contributed by atoms with Crippen molar-refractivity contribution in [1.29, 1.82) is 0 Å². The normalized spacial score (nSPS) is 46.1. The molecule has 0 aliphatic heterocycles. The number of esters is 1. The molecule has 6 nitrogen and oxygen atoms in total. The molecule has 0 aromatic heterocycles. The number of aliphatic hydroxyl groups is 1. The van der Waals surface area contributed by atoms with Gasteiger partial charge in [0.05, 0.1) is 25.6 Å². The largest absolute Gasteiger partial charge is 0.469 e. The van der Waals surface area contributed by atoms with Gasteiger partial charge in [-0.25, -0.2) is 0 Å². The highest BCUT2D eigenvalue weighted by molar-refractivity contribution is 7.86. The van der Waals surface area contributed by atoms with E-state index in [0.717, 1.165) is 44.8 Å². The maximum atomic E-state index is 11.7. The Labute approximate surface area is 200 Å². The zero-order chi connectivity index (χ0) is 24.2. The van der Waals surface area contributed by atoms with E-state index in [1.165, 1.54) is 26.4 Å². The van der Waals surface area contributed by atoms with Crippen molar-refractivity contribution >= 4 is 16.1 Å². The summed E-state index contributed by atoms with van der Waals surface area (Å²) in [6.07, 6.45) is 9.87. The highest BCUT2D eigenvalue weighted by Gasteiger charge is 2.63. The van der Waals surface area contributed by atoms with Crippen LogP contribution in [-0.2, 0) is 23.8 Å². The molecule has 0 saturated heterocycles. The number of rotatable bonds is 6. The molecule has 0 bridgehead atoms. The zero-order valence-electron chi connectivity index (χ0n) is 21.1. The minimum absolute atomic E-state index is 0.123. The van der Waals surface area contributed by atoms with Gasteiger partial charge in [-0.05, 0) is 104 Å². The van der Waals surface area contributed by atoms with Crippen molar-refractivity contribution in [3.8, 4) is 0 Å². The Hall–Kier alpha value is -0.660. The summed E-state index contributed by atoms with van der Waals surface area (Å²) < 4.78 is 33.6. The van der Waals surface area contributed by atoms with Gasteiger partial charge < -0.3 is 9.84 Å². The van der Waals surface area contributed by atoms with E-state index in [1.54, 1.807) is 0 Å². The van der Waals surface area contributed by atoms with Crippen LogP contribution in [-0.4, -0.2) is 45.1 Å². The number of carbonyl (C=O) groups excluding carboxylic acids is 1. The van der Waals surface area contributed by atoms with Gasteiger partial charge in [0.2, 0.25) is 0 Å². The van der Waals surface area contributed by atoms with Crippen LogP contribution in [0.3, 0.4) is 0 Å². The van der Waals surface area contributed by atoms with E-state index in [9.17, 15) is 18.3 Å². The lowest BCUT2D eigenvalue weighted by Crippen LogP contribution is -2.58. The molecule has 190 valence electrons. The van der Waals surface area contributed by atoms with Crippen molar-refractivity contribution in [2.24, 2.45) is 46.3 Å². The summed E-state index contributed by atoms with van der Waals surface area (Å²) >= 11 is 0. The van der Waals surface area contributed by atoms with Crippen LogP contribution in [0.2, 0.25) is 0 Å². The SMILES string of the molecule is COC(=O)CC[C@@H](C)[C@H]1CC[C@H]2[C@@H]3[C@@H](O)CC4C[C@@H](OS(C)(=O)=O)CC[C@]4(C)[C@H]3CC[C@]12C. The molecule has 4 aliphatic rings. The second kappa shape index (κ2) is 9.09. The number of ether oxygens (including phenoxy) is 1. The predicted octanol–water partition coefficient (Wildman–Crippen LogP) is 4.55. The van der Waals surface area contributed by atoms with Gasteiger partial charge in [-0.15, -0.1) is 0 Å². The summed E-state index contributed by atoms with van der Waals surface area (Å²) in [7, 11) is -2.00. The van der Waals surface area contributed by atoms with Crippen LogP contribution in [0.25, 0.3) is 0 Å². The fourth-order valence-corrected chi connectivity index (χ4v) is 9.81. The Kier molecular flexibility index (Phi) is 7.00. The molecule has 0 spiro atoms. The Morgan fingerprint density at radius 2 is 1.73 bits per heavy atom. The average Bonchev–Trinajstić information content (AvgIpc) is 3.09. The molecule has 1 unspecified atom stereocenters. The third-order valence-electron chi connectivity index (χ3n) is 10.7. The number of methoxy groups -OCH3 is 1. The lowest BCUT2D eigenvalue weighted by Gasteiger charge is -2.62. The molecular formula is C26H44O6S. The first-order valence-corrected chi connectivity index (χ1v) is 14.8. The Morgan fingerprint density at radius 1 is 1.06 bits per heavy atom. The first-order chi connectivity index (χ1) is 15.4. The molecular weight excluding hydrogens is 440 g/mol. The van der Waals surface area contributed by atoms with Crippen LogP contribution >= 0.6 is 0 Å². The summed E-state index contributed by atoms with van der Waals surface area (Å²) in [4.78, 5) is 11.7. The van der Waals surface area contributed by atoms with Crippen molar-refractivity contribution in [3.63, 3.8) is 0 Å². The molecule has 0 amide bonds. The first-order valence-electron chi connectivity index (χ1n) is 13.0. The van der Waals surface area contributed by atoms with E-state index >= 15 is 0 Å². The van der Waals surface area contributed by atoms with Crippen molar-refractivity contribution in [3.05, 3.63) is 0 Å². The zero-order valence-corrected chi connectivity index (χ0v) is 21.9. The molecule has 0 aromatic rings. The molecule has 1 N–H and O–H groups in total. The quantitative estimate of drug-likeness (QED) is 0.439. The second-order valence-electron chi connectivity index (χ2n) is 12.3. The number of hydrogen-bond donors (Lipinski definition) is 1. The monoisotopic (exact) mass is 484 g/mol. The molecule has 10 atom stereocenters. The minimum Gasteiger partial charge on any atom is -0.469 e. The fourth-order valence-electron chi connectivity index (χ4n) is 9.14. The lowest BCUT2D eigenvalue weighted by atomic mass is 9.43. The number of hydrogen-bond acceptors (Lipinski definition) is 6. The van der Waals surface area contributed by atoms with Crippen LogP contribution in [0.15, 0.2) is 0 Å². The summed E-state index contributed by atoms with van der Waals surface area (Å²) in [5, 5.41) is 11.5. The van der Waals surface area contributed by atoms with E-state index in [4.69, 9.17) is 8.92 Å². The Morgan fingerprint density at radius 3 is 2.39 bits per heavy atom. The standard InChI is InChI=1S/C26H44O6S/c1-16(6-9-23(28)31-4)19-7-8-20-24-21(11-13-26(19,20)3)25(2)12-10-18(32-33(5,29)30)14-17(25)15-22(24)27/h16-22,24,27H,6-15H2,1-5H3/t16-,17?,18+,19-,20+,21+,22+,24+,25+,26-/m1/s1. The maximum Gasteiger partial charge on any atom is 0.305 e. The van der Waals surface area contributed by atoms with Crippen LogP contribution in [0, 0.1) is 46.3 Å². The van der Waals surface area contributed by atoms with E-state index in [0.29, 0.717) is 41.9 Å². The van der Waals surface area contributed by atoms with E-state index in [-0.39, 0.29) is 29.0 Å². The van der Waals surface area contributed by atoms with E-state index < -0.39 is 10.1 Å². The molecule has 4 rings (SSSR count). The summed E-state index contributed by atoms with van der Waals surface area (Å²) in [5.74, 6) is 2.60. The van der Waals surface area contributed by atoms with Crippen LogP contribution in [0.4, 0.5) is 0 Å². The van der Waals surface area contributed by atoms with Crippen LogP contribution < -0.4 is 0 Å². The van der Waals surface area contributed by atoms with Crippen molar-refractivity contribution < 1.29 is 27.2 Å². The Bertz CT molecular complexity index is 842. The Balaban J connectivity index is 1.50. The van der Waals surface area contributed by atoms with Gasteiger partial charge in [0.15, 0.2) is 0 Å². The van der Waals surface area contributed by atoms with Crippen molar-refractivity contribution in [2.75, 3.05) is 13.4 Å². The molecule has 0 heterocycles. The minimum atomic E-state index is -3.46. The van der Waals surface area contributed by atoms with Gasteiger partial charge in [0, 0.05) is 6.42 Å². The molecule has 4 saturated carbocycles. The third kappa shape index (κ3) is 4.63. The third-order valence-corrected chi connectivity index (χ3v) is 11.4. The maximum absolute atomic E-state index is 11.7. The predicted molar refractivity (Wildman–Crippen MR) is 127 cm³/mol. The van der Waals surface area contributed by atoms with Gasteiger partial charge in [0.1, 0.15) is 0 Å². The van der Waals surface area contributed by atoms with E-state index in [1.807, 2.05) is 0 Å². The average molecular weight is 485 g/mol. The number of fused-ring (bicyclic) bond motifs is 5. The van der Waals surface area contributed by atoms with Gasteiger partial charge in [-0.1, -0.05) is 20.8 Å². The molecule has 0 aromatic carbocycles. The summed E-state index contributed by atoms with van der Waals surface area (Å²) in [6, 6.07) is 0. The lowest BCUT2D eigenvalue weighted by molar-refractivity contribution is -0.172. The number of carbonyl (C=O) groups is 1. The van der Waals surface area contributed by atoms with E-state index in [2.05, 4.69) is 20.8 Å². The van der Waals surface area contributed by atoms with Crippen LogP contribution in [0.5, 0.6) is 0 Å². The van der Waals surface area contributed by atoms with Gasteiger partial charge in [-0.3, -0.25) is 8.98 Å². The van der Waals surface area contributed by atoms with Crippen molar-refractivity contribution in [1.82, 2.24) is 0 Å². The highest BCUT2D eigenvalue weighted by atomic mass is 32.2. The summed E-state index contributed by atoms with van der Waals surface area (Å²) in [5.41, 5.74) is 0.370. The summed E-state index contributed by atoms with van der Waals surface area (Å²) in [6.45, 7) is 7.16. The smallest absolute Gasteiger partial charge is 0.305 e. The van der Waals surface area contributed by atoms with Gasteiger partial charge in [0.25, 0.3) is 10.1 Å². The number of aliphatic hydroxyl groups excluding tert-OH is 1. The molecule has 7 heteroatoms.